The van der Waals surface area contributed by atoms with Gasteiger partial charge in [0.25, 0.3) is 0 Å². The number of aromatic nitrogens is 1. The summed E-state index contributed by atoms with van der Waals surface area (Å²) in [6.07, 6.45) is 0.982. The van der Waals surface area contributed by atoms with Gasteiger partial charge in [0.1, 0.15) is 10.6 Å². The molecule has 0 bridgehead atoms. The van der Waals surface area contributed by atoms with Crippen molar-refractivity contribution in [3.05, 3.63) is 15.6 Å². The molecule has 3 nitrogen and oxygen atoms in total. The molecule has 0 amide bonds. The van der Waals surface area contributed by atoms with E-state index in [-0.39, 0.29) is 5.60 Å². The van der Waals surface area contributed by atoms with E-state index in [0.29, 0.717) is 0 Å². The van der Waals surface area contributed by atoms with Crippen LogP contribution in [0.1, 0.15) is 43.3 Å². The summed E-state index contributed by atoms with van der Waals surface area (Å²) in [5.41, 5.74) is 0.928. The Kier molecular flexibility index (Phi) is 4.89. The van der Waals surface area contributed by atoms with Crippen molar-refractivity contribution in [2.75, 3.05) is 13.7 Å². The van der Waals surface area contributed by atoms with Gasteiger partial charge in [-0.15, -0.1) is 11.3 Å². The van der Waals surface area contributed by atoms with Crippen molar-refractivity contribution in [2.45, 2.75) is 46.3 Å². The molecule has 0 saturated heterocycles. The minimum atomic E-state index is -0.269. The first kappa shape index (κ1) is 13.6. The minimum Gasteiger partial charge on any atom is -0.369 e. The van der Waals surface area contributed by atoms with E-state index in [1.807, 2.05) is 14.0 Å². The largest absolute Gasteiger partial charge is 0.369 e. The van der Waals surface area contributed by atoms with Crippen molar-refractivity contribution in [3.63, 3.8) is 0 Å². The number of hydrogen-bond acceptors (Lipinski definition) is 4. The van der Waals surface area contributed by atoms with Crippen LogP contribution in [0.5, 0.6) is 0 Å². The van der Waals surface area contributed by atoms with E-state index in [9.17, 15) is 0 Å². The first-order valence-electron chi connectivity index (χ1n) is 5.82. The van der Waals surface area contributed by atoms with Gasteiger partial charge in [0.2, 0.25) is 0 Å². The van der Waals surface area contributed by atoms with Crippen molar-refractivity contribution in [1.82, 2.24) is 10.3 Å². The normalized spacial score (nSPS) is 12.1. The van der Waals surface area contributed by atoms with Gasteiger partial charge in [0, 0.05) is 18.0 Å². The average molecular weight is 242 g/mol. The number of nitrogens with zero attached hydrogens (tertiary/aromatic N) is 1. The molecular formula is C12H22N2OS. The van der Waals surface area contributed by atoms with Crippen molar-refractivity contribution in [1.29, 1.82) is 0 Å². The van der Waals surface area contributed by atoms with E-state index < -0.39 is 0 Å². The molecule has 0 aliphatic heterocycles. The van der Waals surface area contributed by atoms with E-state index in [0.717, 1.165) is 24.6 Å². The van der Waals surface area contributed by atoms with Gasteiger partial charge in [-0.3, -0.25) is 0 Å². The molecule has 16 heavy (non-hydrogen) atoms. The summed E-state index contributed by atoms with van der Waals surface area (Å²) in [4.78, 5) is 6.02. The Morgan fingerprint density at radius 2 is 2.06 bits per heavy atom. The second-order valence-corrected chi connectivity index (χ2v) is 5.30. The van der Waals surface area contributed by atoms with E-state index in [1.165, 1.54) is 10.6 Å². The molecule has 1 N–H and O–H groups in total. The van der Waals surface area contributed by atoms with Crippen LogP contribution in [0.3, 0.4) is 0 Å². The number of aryl methyl sites for hydroxylation is 1. The van der Waals surface area contributed by atoms with E-state index in [1.54, 1.807) is 11.3 Å². The van der Waals surface area contributed by atoms with Crippen LogP contribution in [-0.4, -0.2) is 18.6 Å². The average Bonchev–Trinajstić information content (AvgIpc) is 2.62. The van der Waals surface area contributed by atoms with Crippen LogP contribution in [0.25, 0.3) is 0 Å². The predicted molar refractivity (Wildman–Crippen MR) is 68.9 cm³/mol. The zero-order valence-corrected chi connectivity index (χ0v) is 11.7. The summed E-state index contributed by atoms with van der Waals surface area (Å²) in [7, 11) is 1.96. The maximum atomic E-state index is 5.73. The first-order valence-corrected chi connectivity index (χ1v) is 6.64. The third-order valence-electron chi connectivity index (χ3n) is 2.47. The number of ether oxygens (including phenoxy) is 1. The second-order valence-electron chi connectivity index (χ2n) is 4.22. The number of thiazole rings is 1. The molecule has 1 aromatic heterocycles. The fourth-order valence-electron chi connectivity index (χ4n) is 1.64. The van der Waals surface area contributed by atoms with Gasteiger partial charge < -0.3 is 10.1 Å². The molecule has 0 spiro atoms. The van der Waals surface area contributed by atoms with Crippen LogP contribution >= 0.6 is 11.3 Å². The third kappa shape index (κ3) is 3.03. The van der Waals surface area contributed by atoms with Gasteiger partial charge in [0.15, 0.2) is 0 Å². The molecule has 0 unspecified atom stereocenters. The molecule has 92 valence electrons. The zero-order chi connectivity index (χ0) is 12.2. The highest BCUT2D eigenvalue weighted by Gasteiger charge is 2.26. The monoisotopic (exact) mass is 242 g/mol. The Bertz CT molecular complexity index is 334. The molecule has 0 radical (unpaired) electrons. The van der Waals surface area contributed by atoms with E-state index >= 15 is 0 Å². The van der Waals surface area contributed by atoms with Gasteiger partial charge in [-0.2, -0.15) is 0 Å². The summed E-state index contributed by atoms with van der Waals surface area (Å²) in [6.45, 7) is 9.94. The lowest BCUT2D eigenvalue weighted by atomic mass is 10.1. The van der Waals surface area contributed by atoms with Gasteiger partial charge >= 0.3 is 0 Å². The van der Waals surface area contributed by atoms with Crippen LogP contribution < -0.4 is 5.32 Å². The maximum Gasteiger partial charge on any atom is 0.125 e. The molecule has 1 aromatic rings. The molecule has 1 rings (SSSR count). The zero-order valence-electron chi connectivity index (χ0n) is 10.9. The van der Waals surface area contributed by atoms with Crippen LogP contribution in [0.4, 0.5) is 0 Å². The quantitative estimate of drug-likeness (QED) is 0.833. The summed E-state index contributed by atoms with van der Waals surface area (Å²) in [5.74, 6) is 0. The second kappa shape index (κ2) is 5.75. The molecule has 1 heterocycles. The van der Waals surface area contributed by atoms with Crippen LogP contribution in [0.15, 0.2) is 0 Å². The predicted octanol–water partition coefficient (Wildman–Crippen LogP) is 2.70. The Morgan fingerprint density at radius 1 is 1.38 bits per heavy atom. The summed E-state index contributed by atoms with van der Waals surface area (Å²) in [6, 6.07) is 0. The van der Waals surface area contributed by atoms with Crippen molar-refractivity contribution >= 4 is 11.3 Å². The Hall–Kier alpha value is -0.450. The number of rotatable bonds is 6. The topological polar surface area (TPSA) is 34.1 Å². The van der Waals surface area contributed by atoms with Crippen LogP contribution in [0, 0.1) is 0 Å². The Morgan fingerprint density at radius 3 is 2.56 bits per heavy atom. The highest BCUT2D eigenvalue weighted by Crippen LogP contribution is 2.31. The van der Waals surface area contributed by atoms with Gasteiger partial charge in [-0.25, -0.2) is 4.98 Å². The molecule has 0 fully saturated rings. The highest BCUT2D eigenvalue weighted by atomic mass is 32.1. The maximum absolute atomic E-state index is 5.73. The van der Waals surface area contributed by atoms with Crippen molar-refractivity contribution in [3.8, 4) is 0 Å². The smallest absolute Gasteiger partial charge is 0.125 e. The van der Waals surface area contributed by atoms with E-state index in [4.69, 9.17) is 9.72 Å². The number of nitrogens with one attached hydrogen (secondary N) is 1. The minimum absolute atomic E-state index is 0.269. The lowest BCUT2D eigenvalue weighted by molar-refractivity contribution is -0.0142. The molecular weight excluding hydrogens is 220 g/mol. The number of hydrogen-bond donors (Lipinski definition) is 1. The molecule has 0 aliphatic rings. The van der Waals surface area contributed by atoms with E-state index in [2.05, 4.69) is 26.1 Å². The molecule has 0 aliphatic carbocycles. The SMILES string of the molecule is CCOC(C)(C)c1nc(CC)c(CNC)s1. The summed E-state index contributed by atoms with van der Waals surface area (Å²) >= 11 is 1.76. The first-order chi connectivity index (χ1) is 7.55. The fourth-order valence-corrected chi connectivity index (χ4v) is 2.86. The van der Waals surface area contributed by atoms with Gasteiger partial charge in [0.05, 0.1) is 5.69 Å². The lowest BCUT2D eigenvalue weighted by Crippen LogP contribution is -2.21. The lowest BCUT2D eigenvalue weighted by Gasteiger charge is -2.21. The Balaban J connectivity index is 2.97. The summed E-state index contributed by atoms with van der Waals surface area (Å²) in [5, 5.41) is 4.27. The molecule has 4 heteroatoms. The van der Waals surface area contributed by atoms with Gasteiger partial charge in [-0.05, 0) is 34.2 Å². The fraction of sp³-hybridized carbons (Fsp3) is 0.750. The van der Waals surface area contributed by atoms with Gasteiger partial charge in [-0.1, -0.05) is 6.92 Å². The van der Waals surface area contributed by atoms with Crippen molar-refractivity contribution in [2.24, 2.45) is 0 Å². The standard InChI is InChI=1S/C12H22N2OS/c1-6-9-10(8-13-5)16-11(14-9)12(3,4)15-7-2/h13H,6-8H2,1-5H3. The molecule has 0 atom stereocenters. The molecule has 0 saturated carbocycles. The highest BCUT2D eigenvalue weighted by molar-refractivity contribution is 7.11. The third-order valence-corrected chi connectivity index (χ3v) is 3.87. The summed E-state index contributed by atoms with van der Waals surface area (Å²) < 4.78 is 5.73. The van der Waals surface area contributed by atoms with Crippen molar-refractivity contribution < 1.29 is 4.74 Å². The Labute approximate surface area is 102 Å². The molecule has 0 aromatic carbocycles. The van der Waals surface area contributed by atoms with Crippen LogP contribution in [-0.2, 0) is 23.3 Å². The van der Waals surface area contributed by atoms with Crippen LogP contribution in [0.2, 0.25) is 0 Å².